The molecule has 0 rings (SSSR count). The van der Waals surface area contributed by atoms with Crippen LogP contribution in [0.3, 0.4) is 0 Å². The van der Waals surface area contributed by atoms with Gasteiger partial charge in [0.1, 0.15) is 0 Å². The number of carbonyl (C=O) groups excluding carboxylic acids is 2. The number of nitrogens with zero attached hydrogens (tertiary/aromatic N) is 1. The molecule has 0 aromatic carbocycles. The molecule has 0 aliphatic heterocycles. The van der Waals surface area contributed by atoms with Crippen molar-refractivity contribution in [2.45, 2.75) is 175 Å². The fourth-order valence-electron chi connectivity index (χ4n) is 4.96. The van der Waals surface area contributed by atoms with Crippen molar-refractivity contribution < 1.29 is 19.1 Å². The molecule has 0 bridgehead atoms. The largest absolute Gasteiger partial charge is 0.463 e. The number of unbranched alkanes of at least 4 members (excludes halogenated alkanes) is 14. The molecule has 0 saturated heterocycles. The van der Waals surface area contributed by atoms with Gasteiger partial charge in [-0.25, -0.2) is 0 Å². The first-order chi connectivity index (χ1) is 18.9. The lowest BCUT2D eigenvalue weighted by Gasteiger charge is -2.22. The number of esters is 2. The van der Waals surface area contributed by atoms with Crippen LogP contribution in [-0.4, -0.2) is 55.2 Å². The second-order valence-corrected chi connectivity index (χ2v) is 11.6. The van der Waals surface area contributed by atoms with E-state index in [0.717, 1.165) is 38.6 Å². The molecule has 0 aromatic rings. The summed E-state index contributed by atoms with van der Waals surface area (Å²) in [5, 5.41) is 0. The third kappa shape index (κ3) is 26.8. The van der Waals surface area contributed by atoms with E-state index in [1.807, 2.05) is 13.8 Å². The van der Waals surface area contributed by atoms with E-state index in [-0.39, 0.29) is 24.1 Å². The number of hydrogen-bond donors (Lipinski definition) is 1. The Morgan fingerprint density at radius 1 is 0.564 bits per heavy atom. The topological polar surface area (TPSA) is 81.9 Å². The summed E-state index contributed by atoms with van der Waals surface area (Å²) in [5.74, 6) is -0.303. The molecule has 2 atom stereocenters. The van der Waals surface area contributed by atoms with E-state index in [1.165, 1.54) is 89.9 Å². The molecule has 0 heterocycles. The molecule has 0 amide bonds. The van der Waals surface area contributed by atoms with Crippen molar-refractivity contribution >= 4 is 11.9 Å². The molecule has 0 fully saturated rings. The van der Waals surface area contributed by atoms with Gasteiger partial charge in [0, 0.05) is 13.1 Å². The fourth-order valence-corrected chi connectivity index (χ4v) is 4.96. The Morgan fingerprint density at radius 2 is 0.923 bits per heavy atom. The summed E-state index contributed by atoms with van der Waals surface area (Å²) in [4.78, 5) is 26.9. The van der Waals surface area contributed by atoms with E-state index >= 15 is 0 Å². The lowest BCUT2D eigenvalue weighted by atomic mass is 10.1. The number of rotatable bonds is 29. The molecule has 232 valence electrons. The van der Waals surface area contributed by atoms with Gasteiger partial charge in [0.25, 0.3) is 0 Å². The van der Waals surface area contributed by atoms with Gasteiger partial charge >= 0.3 is 11.9 Å². The molecule has 2 N–H and O–H groups in total. The van der Waals surface area contributed by atoms with Crippen molar-refractivity contribution in [1.82, 2.24) is 4.90 Å². The van der Waals surface area contributed by atoms with Crippen LogP contribution in [-0.2, 0) is 19.1 Å². The van der Waals surface area contributed by atoms with E-state index in [1.54, 1.807) is 0 Å². The molecular formula is C33H66N2O4. The Labute approximate surface area is 242 Å². The zero-order valence-corrected chi connectivity index (χ0v) is 26.5. The minimum absolute atomic E-state index is 0.0346. The van der Waals surface area contributed by atoms with Crippen LogP contribution in [0.25, 0.3) is 0 Å². The van der Waals surface area contributed by atoms with E-state index < -0.39 is 0 Å². The zero-order valence-electron chi connectivity index (χ0n) is 26.5. The average Bonchev–Trinajstić information content (AvgIpc) is 2.91. The van der Waals surface area contributed by atoms with Crippen LogP contribution < -0.4 is 5.73 Å². The first kappa shape index (κ1) is 37.9. The summed E-state index contributed by atoms with van der Waals surface area (Å²) in [5.41, 5.74) is 5.71. The Hall–Kier alpha value is -1.14. The number of hydrogen-bond acceptors (Lipinski definition) is 6. The molecule has 6 heteroatoms. The van der Waals surface area contributed by atoms with Gasteiger partial charge in [-0.3, -0.25) is 9.59 Å². The SMILES string of the molecule is CCCCCCCCCCC(C)OC(=O)CCN(CCCN)CCC(=O)OC(C)CCCCCCCCCC. The molecular weight excluding hydrogens is 488 g/mol. The highest BCUT2D eigenvalue weighted by atomic mass is 16.5. The van der Waals surface area contributed by atoms with Gasteiger partial charge < -0.3 is 20.1 Å². The molecule has 39 heavy (non-hydrogen) atoms. The fraction of sp³-hybridized carbons (Fsp3) is 0.939. The Balaban J connectivity index is 4.04. The first-order valence-electron chi connectivity index (χ1n) is 16.7. The van der Waals surface area contributed by atoms with Gasteiger partial charge in [-0.15, -0.1) is 0 Å². The summed E-state index contributed by atoms with van der Waals surface area (Å²) in [6, 6.07) is 0. The minimum atomic E-state index is -0.152. The first-order valence-corrected chi connectivity index (χ1v) is 16.7. The Bertz CT molecular complexity index is 514. The summed E-state index contributed by atoms with van der Waals surface area (Å²) in [7, 11) is 0. The highest BCUT2D eigenvalue weighted by Gasteiger charge is 2.15. The second-order valence-electron chi connectivity index (χ2n) is 11.6. The highest BCUT2D eigenvalue weighted by molar-refractivity contribution is 5.70. The number of nitrogens with two attached hydrogens (primary N) is 1. The maximum atomic E-state index is 12.4. The molecule has 0 saturated carbocycles. The van der Waals surface area contributed by atoms with Gasteiger partial charge in [-0.1, -0.05) is 104 Å². The van der Waals surface area contributed by atoms with Crippen molar-refractivity contribution in [1.29, 1.82) is 0 Å². The molecule has 2 unspecified atom stereocenters. The number of carbonyl (C=O) groups is 2. The van der Waals surface area contributed by atoms with Gasteiger partial charge in [0.2, 0.25) is 0 Å². The average molecular weight is 555 g/mol. The minimum Gasteiger partial charge on any atom is -0.463 e. The van der Waals surface area contributed by atoms with Crippen LogP contribution in [0.1, 0.15) is 163 Å². The standard InChI is InChI=1S/C33H66N2O4/c1-5-7-9-11-13-15-17-19-22-30(3)38-32(36)24-28-35(27-21-26-34)29-25-33(37)39-31(4)23-20-18-16-14-12-10-8-6-2/h30-31H,5-29,34H2,1-4H3. The second kappa shape index (κ2) is 28.4. The summed E-state index contributed by atoms with van der Waals surface area (Å²) in [6.45, 7) is 11.0. The van der Waals surface area contributed by atoms with Crippen LogP contribution in [0.4, 0.5) is 0 Å². The van der Waals surface area contributed by atoms with Crippen LogP contribution in [0.5, 0.6) is 0 Å². The maximum Gasteiger partial charge on any atom is 0.307 e. The molecule has 0 aliphatic carbocycles. The monoisotopic (exact) mass is 555 g/mol. The van der Waals surface area contributed by atoms with Gasteiger partial charge in [0.15, 0.2) is 0 Å². The maximum absolute atomic E-state index is 12.4. The summed E-state index contributed by atoms with van der Waals surface area (Å²) >= 11 is 0. The summed E-state index contributed by atoms with van der Waals surface area (Å²) < 4.78 is 11.3. The molecule has 0 aliphatic rings. The van der Waals surface area contributed by atoms with Gasteiger partial charge in [0.05, 0.1) is 25.0 Å². The molecule has 0 aromatic heterocycles. The van der Waals surface area contributed by atoms with Crippen molar-refractivity contribution in [2.75, 3.05) is 26.2 Å². The summed E-state index contributed by atoms with van der Waals surface area (Å²) in [6.07, 6.45) is 23.8. The van der Waals surface area contributed by atoms with Crippen molar-refractivity contribution in [3.63, 3.8) is 0 Å². The van der Waals surface area contributed by atoms with E-state index in [0.29, 0.717) is 32.5 Å². The Kier molecular flexibility index (Phi) is 27.6. The third-order valence-corrected chi connectivity index (χ3v) is 7.54. The Morgan fingerprint density at radius 3 is 1.28 bits per heavy atom. The van der Waals surface area contributed by atoms with Gasteiger partial charge in [-0.2, -0.15) is 0 Å². The molecule has 0 spiro atoms. The normalized spacial score (nSPS) is 13.0. The zero-order chi connectivity index (χ0) is 29.0. The smallest absolute Gasteiger partial charge is 0.307 e. The van der Waals surface area contributed by atoms with Crippen molar-refractivity contribution in [3.05, 3.63) is 0 Å². The highest BCUT2D eigenvalue weighted by Crippen LogP contribution is 2.14. The van der Waals surface area contributed by atoms with Gasteiger partial charge in [-0.05, 0) is 59.0 Å². The van der Waals surface area contributed by atoms with Crippen molar-refractivity contribution in [2.24, 2.45) is 5.73 Å². The lowest BCUT2D eigenvalue weighted by Crippen LogP contribution is -2.32. The van der Waals surface area contributed by atoms with Crippen molar-refractivity contribution in [3.8, 4) is 0 Å². The van der Waals surface area contributed by atoms with E-state index in [4.69, 9.17) is 15.2 Å². The lowest BCUT2D eigenvalue weighted by molar-refractivity contribution is -0.149. The van der Waals surface area contributed by atoms with Crippen LogP contribution >= 0.6 is 0 Å². The van der Waals surface area contributed by atoms with E-state index in [9.17, 15) is 9.59 Å². The molecule has 6 nitrogen and oxygen atoms in total. The molecule has 0 radical (unpaired) electrons. The third-order valence-electron chi connectivity index (χ3n) is 7.54. The predicted molar refractivity (Wildman–Crippen MR) is 165 cm³/mol. The quantitative estimate of drug-likeness (QED) is 0.0739. The van der Waals surface area contributed by atoms with Crippen LogP contribution in [0, 0.1) is 0 Å². The number of ether oxygens (including phenoxy) is 2. The van der Waals surface area contributed by atoms with E-state index in [2.05, 4.69) is 18.7 Å². The van der Waals surface area contributed by atoms with Crippen LogP contribution in [0.2, 0.25) is 0 Å². The van der Waals surface area contributed by atoms with Crippen LogP contribution in [0.15, 0.2) is 0 Å². The predicted octanol–water partition coefficient (Wildman–Crippen LogP) is 8.34.